The van der Waals surface area contributed by atoms with Crippen molar-refractivity contribution in [3.8, 4) is 0 Å². The van der Waals surface area contributed by atoms with Crippen LogP contribution in [0.15, 0.2) is 54.6 Å². The highest BCUT2D eigenvalue weighted by Crippen LogP contribution is 2.18. The van der Waals surface area contributed by atoms with Crippen LogP contribution < -0.4 is 11.1 Å². The molecule has 3 N–H and O–H groups in total. The number of aryl methyl sites for hydroxylation is 1. The number of rotatable bonds is 5. The van der Waals surface area contributed by atoms with Crippen LogP contribution in [0.2, 0.25) is 0 Å². The van der Waals surface area contributed by atoms with Gasteiger partial charge in [0.25, 0.3) is 0 Å². The fourth-order valence-corrected chi connectivity index (χ4v) is 2.51. The minimum Gasteiger partial charge on any atom is -0.356 e. The highest BCUT2D eigenvalue weighted by Gasteiger charge is 2.08. The van der Waals surface area contributed by atoms with Crippen molar-refractivity contribution in [3.05, 3.63) is 60.2 Å². The van der Waals surface area contributed by atoms with Gasteiger partial charge in [-0.1, -0.05) is 42.5 Å². The largest absolute Gasteiger partial charge is 0.356 e. The van der Waals surface area contributed by atoms with Crippen LogP contribution in [0.1, 0.15) is 18.0 Å². The number of aromatic nitrogens is 2. The third-order valence-electron chi connectivity index (χ3n) is 3.75. The molecule has 1 aromatic heterocycles. The third-order valence-corrected chi connectivity index (χ3v) is 3.75. The predicted molar refractivity (Wildman–Crippen MR) is 87.2 cm³/mol. The van der Waals surface area contributed by atoms with Gasteiger partial charge in [-0.25, -0.2) is 4.98 Å². The number of hydrogen-bond donors (Lipinski definition) is 2. The van der Waals surface area contributed by atoms with E-state index >= 15 is 0 Å². The van der Waals surface area contributed by atoms with Gasteiger partial charge in [0.05, 0.1) is 11.0 Å². The van der Waals surface area contributed by atoms with E-state index in [2.05, 4.69) is 33.1 Å². The van der Waals surface area contributed by atoms with Crippen LogP contribution >= 0.6 is 0 Å². The van der Waals surface area contributed by atoms with Gasteiger partial charge in [0, 0.05) is 19.6 Å². The van der Waals surface area contributed by atoms with Crippen LogP contribution in [-0.4, -0.2) is 16.1 Å². The molecule has 3 aromatic rings. The molecule has 0 fully saturated rings. The fraction of sp³-hybridized carbons (Fsp3) is 0.235. The van der Waals surface area contributed by atoms with E-state index in [1.54, 1.807) is 0 Å². The Bertz CT molecular complexity index is 718. The van der Waals surface area contributed by atoms with Gasteiger partial charge in [0.2, 0.25) is 5.95 Å². The van der Waals surface area contributed by atoms with Crippen LogP contribution in [0.5, 0.6) is 0 Å². The predicted octanol–water partition coefficient (Wildman–Crippen LogP) is 3.08. The Hall–Kier alpha value is -2.33. The molecule has 1 atom stereocenters. The van der Waals surface area contributed by atoms with Gasteiger partial charge in [0.15, 0.2) is 0 Å². The van der Waals surface area contributed by atoms with Crippen molar-refractivity contribution in [2.24, 2.45) is 12.8 Å². The molecule has 0 spiro atoms. The molecule has 0 bridgehead atoms. The number of nitrogens with zero attached hydrogens (tertiary/aromatic N) is 2. The second kappa shape index (κ2) is 5.97. The maximum absolute atomic E-state index is 6.21. The average molecular weight is 280 g/mol. The van der Waals surface area contributed by atoms with Crippen molar-refractivity contribution in [2.45, 2.75) is 12.5 Å². The number of imidazole rings is 1. The summed E-state index contributed by atoms with van der Waals surface area (Å²) in [6.45, 7) is 0.799. The van der Waals surface area contributed by atoms with Crippen LogP contribution in [0, 0.1) is 0 Å². The maximum Gasteiger partial charge on any atom is 0.203 e. The van der Waals surface area contributed by atoms with E-state index in [1.165, 1.54) is 5.56 Å². The molecule has 0 saturated heterocycles. The summed E-state index contributed by atoms with van der Waals surface area (Å²) in [7, 11) is 2.02. The molecular formula is C17H20N4. The second-order valence-corrected chi connectivity index (χ2v) is 5.22. The summed E-state index contributed by atoms with van der Waals surface area (Å²) >= 11 is 0. The van der Waals surface area contributed by atoms with Crippen LogP contribution in [0.25, 0.3) is 11.0 Å². The Balaban J connectivity index is 1.63. The first kappa shape index (κ1) is 13.6. The Morgan fingerprint density at radius 3 is 2.57 bits per heavy atom. The zero-order chi connectivity index (χ0) is 14.7. The topological polar surface area (TPSA) is 55.9 Å². The summed E-state index contributed by atoms with van der Waals surface area (Å²) in [5.74, 6) is 0.886. The Morgan fingerprint density at radius 1 is 1.10 bits per heavy atom. The van der Waals surface area contributed by atoms with Crippen LogP contribution in [-0.2, 0) is 7.05 Å². The first-order valence-corrected chi connectivity index (χ1v) is 7.21. The normalized spacial score (nSPS) is 12.5. The summed E-state index contributed by atoms with van der Waals surface area (Å²) < 4.78 is 2.07. The Kier molecular flexibility index (Phi) is 3.88. The number of hydrogen-bond acceptors (Lipinski definition) is 3. The molecular weight excluding hydrogens is 260 g/mol. The molecule has 0 radical (unpaired) electrons. The quantitative estimate of drug-likeness (QED) is 0.755. The van der Waals surface area contributed by atoms with Gasteiger partial charge in [0.1, 0.15) is 0 Å². The summed E-state index contributed by atoms with van der Waals surface area (Å²) in [6.07, 6.45) is 0.868. The van der Waals surface area contributed by atoms with Gasteiger partial charge < -0.3 is 15.6 Å². The lowest BCUT2D eigenvalue weighted by Gasteiger charge is -2.12. The first-order chi connectivity index (χ1) is 10.3. The number of anilines is 1. The van der Waals surface area contributed by atoms with Gasteiger partial charge in [-0.05, 0) is 24.1 Å². The van der Waals surface area contributed by atoms with Crippen LogP contribution in [0.3, 0.4) is 0 Å². The molecule has 0 aliphatic heterocycles. The summed E-state index contributed by atoms with van der Waals surface area (Å²) in [5.41, 5.74) is 9.52. The van der Waals surface area contributed by atoms with E-state index in [9.17, 15) is 0 Å². The molecule has 0 aliphatic carbocycles. The van der Waals surface area contributed by atoms with Crippen molar-refractivity contribution < 1.29 is 0 Å². The molecule has 0 saturated carbocycles. The standard InChI is InChI=1S/C17H20N4/c1-21-16-10-6-5-9-15(16)20-17(21)19-12-11-14(18)13-7-3-2-4-8-13/h2-10,14H,11-12,18H2,1H3,(H,19,20). The molecule has 4 heteroatoms. The minimum absolute atomic E-state index is 0.0494. The lowest BCUT2D eigenvalue weighted by atomic mass is 10.1. The van der Waals surface area contributed by atoms with Gasteiger partial charge in [-0.3, -0.25) is 0 Å². The fourth-order valence-electron chi connectivity index (χ4n) is 2.51. The molecule has 2 aromatic carbocycles. The van der Waals surface area contributed by atoms with Crippen molar-refractivity contribution in [1.82, 2.24) is 9.55 Å². The second-order valence-electron chi connectivity index (χ2n) is 5.22. The Labute approximate surface area is 124 Å². The van der Waals surface area contributed by atoms with E-state index in [-0.39, 0.29) is 6.04 Å². The number of benzene rings is 2. The first-order valence-electron chi connectivity index (χ1n) is 7.21. The monoisotopic (exact) mass is 280 g/mol. The average Bonchev–Trinajstić information content (AvgIpc) is 2.85. The number of nitrogens with one attached hydrogen (secondary N) is 1. The SMILES string of the molecule is Cn1c(NCCC(N)c2ccccc2)nc2ccccc21. The molecule has 1 heterocycles. The number of fused-ring (bicyclic) bond motifs is 1. The zero-order valence-corrected chi connectivity index (χ0v) is 12.2. The maximum atomic E-state index is 6.21. The Morgan fingerprint density at radius 2 is 1.81 bits per heavy atom. The molecule has 0 amide bonds. The summed E-state index contributed by atoms with van der Waals surface area (Å²) in [6, 6.07) is 18.4. The highest BCUT2D eigenvalue weighted by molar-refractivity contribution is 5.78. The number of nitrogens with two attached hydrogens (primary N) is 1. The van der Waals surface area contributed by atoms with Crippen LogP contribution in [0.4, 0.5) is 5.95 Å². The molecule has 3 rings (SSSR count). The van der Waals surface area contributed by atoms with E-state index < -0.39 is 0 Å². The van der Waals surface area contributed by atoms with Crippen molar-refractivity contribution in [2.75, 3.05) is 11.9 Å². The molecule has 108 valence electrons. The highest BCUT2D eigenvalue weighted by atomic mass is 15.2. The smallest absolute Gasteiger partial charge is 0.203 e. The lowest BCUT2D eigenvalue weighted by molar-refractivity contribution is 0.671. The van der Waals surface area contributed by atoms with E-state index in [0.717, 1.165) is 29.9 Å². The van der Waals surface area contributed by atoms with E-state index in [1.807, 2.05) is 43.4 Å². The van der Waals surface area contributed by atoms with Crippen molar-refractivity contribution >= 4 is 17.0 Å². The zero-order valence-electron chi connectivity index (χ0n) is 12.2. The lowest BCUT2D eigenvalue weighted by Crippen LogP contribution is -2.16. The summed E-state index contributed by atoms with van der Waals surface area (Å²) in [4.78, 5) is 4.59. The van der Waals surface area contributed by atoms with Crippen molar-refractivity contribution in [1.29, 1.82) is 0 Å². The van der Waals surface area contributed by atoms with Gasteiger partial charge in [-0.15, -0.1) is 0 Å². The third kappa shape index (κ3) is 2.90. The van der Waals surface area contributed by atoms with E-state index in [4.69, 9.17) is 5.73 Å². The minimum atomic E-state index is 0.0494. The molecule has 4 nitrogen and oxygen atoms in total. The van der Waals surface area contributed by atoms with Gasteiger partial charge in [-0.2, -0.15) is 0 Å². The van der Waals surface area contributed by atoms with E-state index in [0.29, 0.717) is 0 Å². The molecule has 1 unspecified atom stereocenters. The number of para-hydroxylation sites is 2. The summed E-state index contributed by atoms with van der Waals surface area (Å²) in [5, 5.41) is 3.37. The molecule has 21 heavy (non-hydrogen) atoms. The van der Waals surface area contributed by atoms with Gasteiger partial charge >= 0.3 is 0 Å². The molecule has 0 aliphatic rings. The van der Waals surface area contributed by atoms with Crippen molar-refractivity contribution in [3.63, 3.8) is 0 Å².